The van der Waals surface area contributed by atoms with Crippen molar-refractivity contribution >= 4 is 41.3 Å². The molecule has 1 rings (SSSR count). The summed E-state index contributed by atoms with van der Waals surface area (Å²) in [6.45, 7) is 9.43. The summed E-state index contributed by atoms with van der Waals surface area (Å²) in [7, 11) is 1.51. The van der Waals surface area contributed by atoms with Crippen molar-refractivity contribution in [2.75, 3.05) is 24.6 Å². The number of carbonyl (C=O) groups excluding carboxylic acids is 3. The van der Waals surface area contributed by atoms with Crippen LogP contribution in [0.3, 0.4) is 0 Å². The molecule has 0 aliphatic carbocycles. The van der Waals surface area contributed by atoms with E-state index in [0.717, 1.165) is 0 Å². The molecule has 0 fully saturated rings. The number of hydrogen-bond acceptors (Lipinski definition) is 8. The van der Waals surface area contributed by atoms with Gasteiger partial charge < -0.3 is 31.7 Å². The van der Waals surface area contributed by atoms with Crippen molar-refractivity contribution in [3.8, 4) is 0 Å². The van der Waals surface area contributed by atoms with E-state index in [0.29, 0.717) is 25.2 Å². The third-order valence-corrected chi connectivity index (χ3v) is 4.93. The number of anilines is 2. The number of amides is 3. The fraction of sp³-hybridized carbons (Fsp3) is 0.667. The van der Waals surface area contributed by atoms with Gasteiger partial charge in [-0.15, -0.1) is 0 Å². The first-order chi connectivity index (χ1) is 15.4. The summed E-state index contributed by atoms with van der Waals surface area (Å²) in [5, 5.41) is 11.2. The van der Waals surface area contributed by atoms with Gasteiger partial charge in [0, 0.05) is 19.7 Å². The minimum absolute atomic E-state index is 0.0409. The van der Waals surface area contributed by atoms with Crippen LogP contribution in [0.15, 0.2) is 6.07 Å². The first kappa shape index (κ1) is 28.2. The Morgan fingerprint density at radius 3 is 2.39 bits per heavy atom. The fourth-order valence-corrected chi connectivity index (χ4v) is 3.07. The van der Waals surface area contributed by atoms with Crippen molar-refractivity contribution in [2.45, 2.75) is 71.6 Å². The van der Waals surface area contributed by atoms with Crippen molar-refractivity contribution < 1.29 is 19.1 Å². The second-order valence-electron chi connectivity index (χ2n) is 8.69. The predicted molar refractivity (Wildman–Crippen MR) is 128 cm³/mol. The molecule has 33 heavy (non-hydrogen) atoms. The van der Waals surface area contributed by atoms with Gasteiger partial charge in [-0.1, -0.05) is 31.9 Å². The van der Waals surface area contributed by atoms with Crippen LogP contribution in [-0.4, -0.2) is 59.2 Å². The highest BCUT2D eigenvalue weighted by Gasteiger charge is 2.30. The molecule has 1 aromatic heterocycles. The lowest BCUT2D eigenvalue weighted by Gasteiger charge is -2.27. The van der Waals surface area contributed by atoms with E-state index >= 15 is 0 Å². The number of alkyl carbamates (subject to hydrolysis) is 1. The van der Waals surface area contributed by atoms with E-state index in [1.807, 2.05) is 13.8 Å². The SMILES string of the molecule is CC[C@H](C)[C@H](NC(=O)[C@H](CCCNc1cc(Cl)nc(N)n1)NC(=O)OC(C)(C)C)C(=O)NC. The van der Waals surface area contributed by atoms with Crippen molar-refractivity contribution in [3.63, 3.8) is 0 Å². The predicted octanol–water partition coefficient (Wildman–Crippen LogP) is 2.07. The van der Waals surface area contributed by atoms with Crippen LogP contribution >= 0.6 is 11.6 Å². The molecular formula is C21H36ClN7O4. The van der Waals surface area contributed by atoms with Crippen LogP contribution in [0.1, 0.15) is 53.9 Å². The third kappa shape index (κ3) is 10.6. The van der Waals surface area contributed by atoms with Crippen LogP contribution in [0.25, 0.3) is 0 Å². The normalized spacial score (nSPS) is 13.9. The molecule has 1 heterocycles. The zero-order valence-electron chi connectivity index (χ0n) is 20.1. The van der Waals surface area contributed by atoms with Crippen molar-refractivity contribution in [1.29, 1.82) is 0 Å². The molecule has 6 N–H and O–H groups in total. The fourth-order valence-electron chi connectivity index (χ4n) is 2.88. The maximum atomic E-state index is 13.0. The Bertz CT molecular complexity index is 796. The minimum Gasteiger partial charge on any atom is -0.444 e. The molecule has 0 saturated heterocycles. The molecule has 0 radical (unpaired) electrons. The summed E-state index contributed by atoms with van der Waals surface area (Å²) in [5.74, 6) is -0.368. The summed E-state index contributed by atoms with van der Waals surface area (Å²) < 4.78 is 5.29. The number of nitrogens with zero attached hydrogens (tertiary/aromatic N) is 2. The number of hydrogen-bond donors (Lipinski definition) is 5. The lowest BCUT2D eigenvalue weighted by molar-refractivity contribution is -0.131. The zero-order chi connectivity index (χ0) is 25.2. The highest BCUT2D eigenvalue weighted by Crippen LogP contribution is 2.14. The molecule has 0 aliphatic rings. The number of aromatic nitrogens is 2. The Kier molecular flexibility index (Phi) is 11.1. The lowest BCUT2D eigenvalue weighted by Crippen LogP contribution is -2.55. The van der Waals surface area contributed by atoms with E-state index in [2.05, 4.69) is 31.2 Å². The molecule has 0 saturated carbocycles. The van der Waals surface area contributed by atoms with Gasteiger partial charge in [0.2, 0.25) is 17.8 Å². The number of nitrogen functional groups attached to an aromatic ring is 1. The van der Waals surface area contributed by atoms with Gasteiger partial charge >= 0.3 is 6.09 Å². The van der Waals surface area contributed by atoms with E-state index in [1.165, 1.54) is 13.1 Å². The quantitative estimate of drug-likeness (QED) is 0.235. The topological polar surface area (TPSA) is 160 Å². The number of nitrogens with two attached hydrogens (primary N) is 1. The monoisotopic (exact) mass is 485 g/mol. The van der Waals surface area contributed by atoms with Gasteiger partial charge in [-0.3, -0.25) is 9.59 Å². The Morgan fingerprint density at radius 2 is 1.85 bits per heavy atom. The summed E-state index contributed by atoms with van der Waals surface area (Å²) >= 11 is 5.87. The molecule has 0 unspecified atom stereocenters. The Morgan fingerprint density at radius 1 is 1.18 bits per heavy atom. The molecule has 186 valence electrons. The smallest absolute Gasteiger partial charge is 0.408 e. The number of carbonyl (C=O) groups is 3. The average Bonchev–Trinajstić information content (AvgIpc) is 2.70. The van der Waals surface area contributed by atoms with Crippen LogP contribution in [0.4, 0.5) is 16.6 Å². The van der Waals surface area contributed by atoms with Gasteiger partial charge in [0.05, 0.1) is 0 Å². The van der Waals surface area contributed by atoms with Gasteiger partial charge in [-0.25, -0.2) is 9.78 Å². The second-order valence-corrected chi connectivity index (χ2v) is 9.08. The lowest BCUT2D eigenvalue weighted by atomic mass is 9.97. The van der Waals surface area contributed by atoms with Crippen LogP contribution in [-0.2, 0) is 14.3 Å². The molecule has 0 bridgehead atoms. The van der Waals surface area contributed by atoms with Gasteiger partial charge in [0.25, 0.3) is 0 Å². The molecular weight excluding hydrogens is 450 g/mol. The van der Waals surface area contributed by atoms with Crippen molar-refractivity contribution in [3.05, 3.63) is 11.2 Å². The third-order valence-electron chi connectivity index (χ3n) is 4.73. The standard InChI is InChI=1S/C21H36ClN7O4/c1-7-12(2)16(18(31)24-6)29-17(30)13(26-20(32)33-21(3,4)5)9-8-10-25-15-11-14(22)27-19(23)28-15/h11-13,16H,7-10H2,1-6H3,(H,24,31)(H,26,32)(H,29,30)(H3,23,25,27,28)/t12-,13-,16-/m0/s1. The van der Waals surface area contributed by atoms with E-state index in [4.69, 9.17) is 22.1 Å². The first-order valence-corrected chi connectivity index (χ1v) is 11.3. The van der Waals surface area contributed by atoms with Crippen LogP contribution in [0.5, 0.6) is 0 Å². The summed E-state index contributed by atoms with van der Waals surface area (Å²) in [5.41, 5.74) is 4.86. The first-order valence-electron chi connectivity index (χ1n) is 10.9. The van der Waals surface area contributed by atoms with E-state index in [-0.39, 0.29) is 29.3 Å². The minimum atomic E-state index is -0.906. The Labute approximate surface area is 200 Å². The summed E-state index contributed by atoms with van der Waals surface area (Å²) in [6, 6.07) is -0.0992. The van der Waals surface area contributed by atoms with E-state index < -0.39 is 29.7 Å². The average molecular weight is 486 g/mol. The van der Waals surface area contributed by atoms with Crippen molar-refractivity contribution in [1.82, 2.24) is 25.9 Å². The highest BCUT2D eigenvalue weighted by molar-refractivity contribution is 6.29. The van der Waals surface area contributed by atoms with Crippen LogP contribution in [0, 0.1) is 5.92 Å². The maximum absolute atomic E-state index is 13.0. The van der Waals surface area contributed by atoms with E-state index in [9.17, 15) is 14.4 Å². The molecule has 3 amide bonds. The van der Waals surface area contributed by atoms with Crippen LogP contribution < -0.4 is 27.0 Å². The van der Waals surface area contributed by atoms with Gasteiger partial charge in [0.15, 0.2) is 0 Å². The second kappa shape index (κ2) is 13.0. The van der Waals surface area contributed by atoms with Crippen molar-refractivity contribution in [2.24, 2.45) is 5.92 Å². The molecule has 0 spiro atoms. The van der Waals surface area contributed by atoms with Gasteiger partial charge in [-0.05, 0) is 39.5 Å². The maximum Gasteiger partial charge on any atom is 0.408 e. The summed E-state index contributed by atoms with van der Waals surface area (Å²) in [6.07, 6.45) is 0.749. The molecule has 1 aromatic rings. The summed E-state index contributed by atoms with van der Waals surface area (Å²) in [4.78, 5) is 45.4. The molecule has 3 atom stereocenters. The molecule has 0 aliphatic heterocycles. The molecule has 11 nitrogen and oxygen atoms in total. The Hall–Kier alpha value is -2.82. The van der Waals surface area contributed by atoms with Crippen LogP contribution in [0.2, 0.25) is 5.15 Å². The largest absolute Gasteiger partial charge is 0.444 e. The zero-order valence-corrected chi connectivity index (χ0v) is 20.9. The Balaban J connectivity index is 2.85. The number of ether oxygens (including phenoxy) is 1. The molecule has 12 heteroatoms. The molecule has 0 aromatic carbocycles. The number of nitrogens with one attached hydrogen (secondary N) is 4. The number of likely N-dealkylation sites (N-methyl/N-ethyl adjacent to an activating group) is 1. The van der Waals surface area contributed by atoms with Gasteiger partial charge in [0.1, 0.15) is 28.7 Å². The van der Waals surface area contributed by atoms with E-state index in [1.54, 1.807) is 20.8 Å². The number of rotatable bonds is 11. The van der Waals surface area contributed by atoms with Gasteiger partial charge in [-0.2, -0.15) is 4.98 Å². The number of halogens is 1. The highest BCUT2D eigenvalue weighted by atomic mass is 35.5.